The lowest BCUT2D eigenvalue weighted by atomic mass is 10.1. The van der Waals surface area contributed by atoms with Crippen LogP contribution in [-0.2, 0) is 11.2 Å². The van der Waals surface area contributed by atoms with Gasteiger partial charge in [-0.2, -0.15) is 0 Å². The van der Waals surface area contributed by atoms with Gasteiger partial charge >= 0.3 is 0 Å². The number of amides is 2. The summed E-state index contributed by atoms with van der Waals surface area (Å²) in [5, 5.41) is 2.80. The van der Waals surface area contributed by atoms with Crippen LogP contribution in [0.5, 0.6) is 0 Å². The molecule has 0 radical (unpaired) electrons. The smallest absolute Gasteiger partial charge is 0.251 e. The number of carbonyl (C=O) groups excluding carboxylic acids is 2. The van der Waals surface area contributed by atoms with E-state index in [1.54, 1.807) is 36.1 Å². The largest absolute Gasteiger partial charge is 0.341 e. The van der Waals surface area contributed by atoms with E-state index in [0.717, 1.165) is 16.6 Å². The van der Waals surface area contributed by atoms with E-state index >= 15 is 0 Å². The summed E-state index contributed by atoms with van der Waals surface area (Å²) in [4.78, 5) is 27.0. The predicted octanol–water partition coefficient (Wildman–Crippen LogP) is 3.55. The zero-order valence-electron chi connectivity index (χ0n) is 13.6. The molecule has 0 spiro atoms. The first kappa shape index (κ1) is 16.7. The van der Waals surface area contributed by atoms with Gasteiger partial charge in [-0.1, -0.05) is 34.1 Å². The van der Waals surface area contributed by atoms with E-state index < -0.39 is 6.04 Å². The van der Waals surface area contributed by atoms with Crippen molar-refractivity contribution in [1.82, 2.24) is 5.32 Å². The van der Waals surface area contributed by atoms with Gasteiger partial charge in [-0.3, -0.25) is 9.59 Å². The fraction of sp³-hybridized carbons (Fsp3) is 0.263. The number of benzene rings is 2. The molecular formula is C19H19BrN2O2. The highest BCUT2D eigenvalue weighted by molar-refractivity contribution is 9.10. The van der Waals surface area contributed by atoms with E-state index in [4.69, 9.17) is 0 Å². The van der Waals surface area contributed by atoms with Crippen LogP contribution < -0.4 is 10.2 Å². The maximum Gasteiger partial charge on any atom is 0.251 e. The summed E-state index contributed by atoms with van der Waals surface area (Å²) in [5.74, 6) is -0.332. The number of nitrogens with one attached hydrogen (secondary N) is 1. The molecule has 5 heteroatoms. The number of halogens is 1. The van der Waals surface area contributed by atoms with Gasteiger partial charge in [0.25, 0.3) is 5.91 Å². The first-order valence-electron chi connectivity index (χ1n) is 7.95. The molecule has 124 valence electrons. The molecule has 2 aromatic rings. The number of para-hydroxylation sites is 1. The zero-order valence-corrected chi connectivity index (χ0v) is 15.2. The molecule has 0 aromatic heterocycles. The van der Waals surface area contributed by atoms with Crippen LogP contribution in [0.25, 0.3) is 0 Å². The fourth-order valence-electron chi connectivity index (χ4n) is 3.05. The average Bonchev–Trinajstić information content (AvgIpc) is 2.90. The first-order valence-corrected chi connectivity index (χ1v) is 8.74. The van der Waals surface area contributed by atoms with Gasteiger partial charge in [0.15, 0.2) is 0 Å². The van der Waals surface area contributed by atoms with Gasteiger partial charge in [0.05, 0.1) is 0 Å². The van der Waals surface area contributed by atoms with Crippen molar-refractivity contribution in [2.24, 2.45) is 0 Å². The van der Waals surface area contributed by atoms with Crippen LogP contribution in [-0.4, -0.2) is 23.9 Å². The van der Waals surface area contributed by atoms with E-state index in [9.17, 15) is 9.59 Å². The van der Waals surface area contributed by atoms with Gasteiger partial charge < -0.3 is 10.2 Å². The van der Waals surface area contributed by atoms with Crippen molar-refractivity contribution in [3.8, 4) is 0 Å². The van der Waals surface area contributed by atoms with Gasteiger partial charge in [0.1, 0.15) is 6.04 Å². The van der Waals surface area contributed by atoms with Crippen molar-refractivity contribution < 1.29 is 9.59 Å². The zero-order chi connectivity index (χ0) is 17.3. The van der Waals surface area contributed by atoms with Gasteiger partial charge in [0, 0.05) is 21.8 Å². The Bertz CT molecular complexity index is 773. The molecule has 0 saturated heterocycles. The molecule has 0 bridgehead atoms. The van der Waals surface area contributed by atoms with Crippen LogP contribution in [0, 0.1) is 0 Å². The van der Waals surface area contributed by atoms with Crippen LogP contribution >= 0.6 is 15.9 Å². The third-order valence-electron chi connectivity index (χ3n) is 4.27. The van der Waals surface area contributed by atoms with Crippen molar-refractivity contribution >= 4 is 33.4 Å². The van der Waals surface area contributed by atoms with Crippen molar-refractivity contribution in [1.29, 1.82) is 0 Å². The molecule has 1 aliphatic heterocycles. The SMILES string of the molecule is CC(NC(=O)c1ccc(Br)cc1)C(=O)N1c2ccccc2CC1C. The normalized spacial score (nSPS) is 17.3. The number of rotatable bonds is 3. The van der Waals surface area contributed by atoms with Crippen LogP contribution in [0.2, 0.25) is 0 Å². The minimum absolute atomic E-state index is 0.0853. The molecule has 2 amide bonds. The Labute approximate surface area is 150 Å². The summed E-state index contributed by atoms with van der Waals surface area (Å²) in [5.41, 5.74) is 2.65. The van der Waals surface area contributed by atoms with Crippen LogP contribution in [0.15, 0.2) is 53.0 Å². The number of carbonyl (C=O) groups is 2. The molecule has 3 rings (SSSR count). The lowest BCUT2D eigenvalue weighted by Crippen LogP contribution is -2.49. The van der Waals surface area contributed by atoms with E-state index in [1.807, 2.05) is 31.2 Å². The molecule has 4 nitrogen and oxygen atoms in total. The Balaban J connectivity index is 1.73. The second-order valence-electron chi connectivity index (χ2n) is 6.09. The lowest BCUT2D eigenvalue weighted by molar-refractivity contribution is -0.120. The molecule has 0 saturated carbocycles. The van der Waals surface area contributed by atoms with Crippen molar-refractivity contribution in [3.05, 3.63) is 64.1 Å². The van der Waals surface area contributed by atoms with E-state index in [-0.39, 0.29) is 17.9 Å². The Hall–Kier alpha value is -2.14. The Morgan fingerprint density at radius 3 is 2.54 bits per heavy atom. The highest BCUT2D eigenvalue weighted by Gasteiger charge is 2.33. The van der Waals surface area contributed by atoms with Crippen LogP contribution in [0.1, 0.15) is 29.8 Å². The minimum Gasteiger partial charge on any atom is -0.341 e. The molecular weight excluding hydrogens is 368 g/mol. The van der Waals surface area contributed by atoms with Crippen molar-refractivity contribution in [2.75, 3.05) is 4.90 Å². The summed E-state index contributed by atoms with van der Waals surface area (Å²) >= 11 is 3.34. The van der Waals surface area contributed by atoms with E-state index in [0.29, 0.717) is 5.56 Å². The Morgan fingerprint density at radius 1 is 1.17 bits per heavy atom. The Kier molecular flexibility index (Phi) is 4.71. The highest BCUT2D eigenvalue weighted by Crippen LogP contribution is 2.32. The quantitative estimate of drug-likeness (QED) is 0.876. The monoisotopic (exact) mass is 386 g/mol. The third-order valence-corrected chi connectivity index (χ3v) is 4.80. The molecule has 1 heterocycles. The summed E-state index contributed by atoms with van der Waals surface area (Å²) in [6, 6.07) is 14.5. The molecule has 0 fully saturated rings. The minimum atomic E-state index is -0.588. The maximum atomic E-state index is 12.8. The number of anilines is 1. The Morgan fingerprint density at radius 2 is 1.83 bits per heavy atom. The summed E-state index contributed by atoms with van der Waals surface area (Å²) in [6.45, 7) is 3.76. The first-order chi connectivity index (χ1) is 11.5. The fourth-order valence-corrected chi connectivity index (χ4v) is 3.32. The molecule has 1 aliphatic rings. The number of hydrogen-bond donors (Lipinski definition) is 1. The van der Waals surface area contributed by atoms with Crippen molar-refractivity contribution in [3.63, 3.8) is 0 Å². The average molecular weight is 387 g/mol. The number of hydrogen-bond acceptors (Lipinski definition) is 2. The van der Waals surface area contributed by atoms with Crippen LogP contribution in [0.4, 0.5) is 5.69 Å². The van der Waals surface area contributed by atoms with Gasteiger partial charge in [-0.25, -0.2) is 0 Å². The van der Waals surface area contributed by atoms with Gasteiger partial charge in [-0.05, 0) is 56.2 Å². The predicted molar refractivity (Wildman–Crippen MR) is 98.2 cm³/mol. The third kappa shape index (κ3) is 3.22. The summed E-state index contributed by atoms with van der Waals surface area (Å²) in [7, 11) is 0. The van der Waals surface area contributed by atoms with E-state index in [1.165, 1.54) is 5.56 Å². The topological polar surface area (TPSA) is 49.4 Å². The van der Waals surface area contributed by atoms with Crippen LogP contribution in [0.3, 0.4) is 0 Å². The lowest BCUT2D eigenvalue weighted by Gasteiger charge is -2.26. The summed E-state index contributed by atoms with van der Waals surface area (Å²) < 4.78 is 0.908. The molecule has 2 aromatic carbocycles. The molecule has 2 atom stereocenters. The second kappa shape index (κ2) is 6.77. The number of fused-ring (bicyclic) bond motifs is 1. The molecule has 2 unspecified atom stereocenters. The standard InChI is InChI=1S/C19H19BrN2O2/c1-12-11-15-5-3-4-6-17(15)22(12)19(24)13(2)21-18(23)14-7-9-16(20)10-8-14/h3-10,12-13H,11H2,1-2H3,(H,21,23). The van der Waals surface area contributed by atoms with E-state index in [2.05, 4.69) is 21.2 Å². The molecule has 24 heavy (non-hydrogen) atoms. The van der Waals surface area contributed by atoms with Crippen molar-refractivity contribution in [2.45, 2.75) is 32.4 Å². The number of nitrogens with zero attached hydrogens (tertiary/aromatic N) is 1. The van der Waals surface area contributed by atoms with Gasteiger partial charge in [0.2, 0.25) is 5.91 Å². The van der Waals surface area contributed by atoms with Gasteiger partial charge in [-0.15, -0.1) is 0 Å². The maximum absolute atomic E-state index is 12.8. The second-order valence-corrected chi connectivity index (χ2v) is 7.01. The molecule has 1 N–H and O–H groups in total. The molecule has 0 aliphatic carbocycles. The highest BCUT2D eigenvalue weighted by atomic mass is 79.9. The summed E-state index contributed by atoms with van der Waals surface area (Å²) in [6.07, 6.45) is 0.843.